The van der Waals surface area contributed by atoms with Crippen molar-refractivity contribution in [3.63, 3.8) is 0 Å². The van der Waals surface area contributed by atoms with Gasteiger partial charge in [0.25, 0.3) is 0 Å². The Hall–Kier alpha value is -1.99. The first kappa shape index (κ1) is 14.4. The van der Waals surface area contributed by atoms with E-state index in [4.69, 9.17) is 9.84 Å². The van der Waals surface area contributed by atoms with Crippen LogP contribution in [-0.2, 0) is 6.61 Å². The molecule has 0 aliphatic heterocycles. The zero-order chi connectivity index (χ0) is 14.7. The van der Waals surface area contributed by atoms with Crippen LogP contribution in [0.1, 0.15) is 5.56 Å². The lowest BCUT2D eigenvalue weighted by atomic mass is 10.2. The van der Waals surface area contributed by atoms with Crippen LogP contribution in [-0.4, -0.2) is 10.0 Å². The zero-order valence-corrected chi connectivity index (χ0v) is 11.6. The molecule has 0 spiro atoms. The summed E-state index contributed by atoms with van der Waals surface area (Å²) in [6, 6.07) is 8.26. The Morgan fingerprint density at radius 1 is 1.30 bits per heavy atom. The minimum Gasteiger partial charge on any atom is -0.450 e. The average Bonchev–Trinajstić information content (AvgIpc) is 2.41. The van der Waals surface area contributed by atoms with Gasteiger partial charge in [0.15, 0.2) is 0 Å². The van der Waals surface area contributed by atoms with Gasteiger partial charge in [0.2, 0.25) is 5.75 Å². The highest BCUT2D eigenvalue weighted by atomic mass is 79.9. The molecule has 104 valence electrons. The molecule has 0 fully saturated rings. The minimum atomic E-state index is -0.634. The number of hydrogen-bond acceptors (Lipinski definition) is 4. The first-order valence-electron chi connectivity index (χ1n) is 5.53. The van der Waals surface area contributed by atoms with Gasteiger partial charge in [-0.3, -0.25) is 10.1 Å². The molecule has 0 radical (unpaired) electrons. The molecule has 0 heterocycles. The van der Waals surface area contributed by atoms with Crippen molar-refractivity contribution in [1.29, 1.82) is 0 Å². The van der Waals surface area contributed by atoms with E-state index in [2.05, 4.69) is 15.9 Å². The maximum absolute atomic E-state index is 13.5. The topological polar surface area (TPSA) is 72.6 Å². The molecule has 7 heteroatoms. The van der Waals surface area contributed by atoms with Gasteiger partial charge in [-0.1, -0.05) is 22.0 Å². The maximum atomic E-state index is 13.5. The zero-order valence-electron chi connectivity index (χ0n) is 10.0. The predicted molar refractivity (Wildman–Crippen MR) is 73.2 cm³/mol. The summed E-state index contributed by atoms with van der Waals surface area (Å²) in [5, 5.41) is 20.1. The molecule has 0 atom stereocenters. The Bertz CT molecular complexity index is 663. The molecule has 0 bridgehead atoms. The molecule has 0 aliphatic rings. The molecule has 0 saturated heterocycles. The number of aliphatic hydroxyl groups is 1. The van der Waals surface area contributed by atoms with E-state index >= 15 is 0 Å². The van der Waals surface area contributed by atoms with Gasteiger partial charge in [-0.05, 0) is 24.3 Å². The van der Waals surface area contributed by atoms with E-state index in [1.54, 1.807) is 6.07 Å². The smallest absolute Gasteiger partial charge is 0.312 e. The number of ether oxygens (including phenoxy) is 1. The molecule has 0 aliphatic carbocycles. The normalized spacial score (nSPS) is 10.3. The van der Waals surface area contributed by atoms with Crippen molar-refractivity contribution in [3.8, 4) is 11.5 Å². The van der Waals surface area contributed by atoms with Gasteiger partial charge in [-0.15, -0.1) is 0 Å². The summed E-state index contributed by atoms with van der Waals surface area (Å²) in [6.07, 6.45) is 0. The summed E-state index contributed by atoms with van der Waals surface area (Å²) in [6.45, 7) is -0.563. The third-order valence-corrected chi connectivity index (χ3v) is 3.06. The van der Waals surface area contributed by atoms with E-state index in [9.17, 15) is 14.5 Å². The fourth-order valence-corrected chi connectivity index (χ4v) is 1.97. The number of nitrogens with zero attached hydrogens (tertiary/aromatic N) is 1. The summed E-state index contributed by atoms with van der Waals surface area (Å²) < 4.78 is 19.4. The summed E-state index contributed by atoms with van der Waals surface area (Å²) >= 11 is 3.13. The standard InChI is InChI=1S/C13H9BrFNO4/c14-8-4-5-13(11(6-8)16(18)19)20-12-3-1-2-10(15)9(12)7-17/h1-6,17H,7H2. The van der Waals surface area contributed by atoms with Crippen LogP contribution < -0.4 is 4.74 Å². The van der Waals surface area contributed by atoms with E-state index in [-0.39, 0.29) is 22.7 Å². The highest BCUT2D eigenvalue weighted by Gasteiger charge is 2.18. The number of hydrogen-bond donors (Lipinski definition) is 1. The Morgan fingerprint density at radius 3 is 2.70 bits per heavy atom. The predicted octanol–water partition coefficient (Wildman–Crippen LogP) is 3.78. The van der Waals surface area contributed by atoms with E-state index in [1.807, 2.05) is 0 Å². The number of nitro benzene ring substituents is 1. The van der Waals surface area contributed by atoms with Gasteiger partial charge in [0.1, 0.15) is 11.6 Å². The fraction of sp³-hybridized carbons (Fsp3) is 0.0769. The van der Waals surface area contributed by atoms with Crippen molar-refractivity contribution in [1.82, 2.24) is 0 Å². The molecule has 2 aromatic carbocycles. The van der Waals surface area contributed by atoms with Crippen LogP contribution in [0.2, 0.25) is 0 Å². The molecular formula is C13H9BrFNO4. The number of benzene rings is 2. The molecule has 2 rings (SSSR count). The van der Waals surface area contributed by atoms with Gasteiger partial charge in [-0.25, -0.2) is 4.39 Å². The molecule has 0 saturated carbocycles. The molecule has 0 unspecified atom stereocenters. The highest BCUT2D eigenvalue weighted by molar-refractivity contribution is 9.10. The lowest BCUT2D eigenvalue weighted by Gasteiger charge is -2.10. The number of nitro groups is 1. The van der Waals surface area contributed by atoms with Crippen molar-refractivity contribution in [2.45, 2.75) is 6.61 Å². The SMILES string of the molecule is O=[N+]([O-])c1cc(Br)ccc1Oc1cccc(F)c1CO. The second-order valence-electron chi connectivity index (χ2n) is 3.85. The lowest BCUT2D eigenvalue weighted by molar-refractivity contribution is -0.385. The van der Waals surface area contributed by atoms with Crippen molar-refractivity contribution in [3.05, 3.63) is 62.4 Å². The van der Waals surface area contributed by atoms with Crippen LogP contribution in [0.15, 0.2) is 40.9 Å². The van der Waals surface area contributed by atoms with E-state index in [0.29, 0.717) is 4.47 Å². The first-order valence-corrected chi connectivity index (χ1v) is 6.32. The van der Waals surface area contributed by atoms with E-state index < -0.39 is 17.3 Å². The quantitative estimate of drug-likeness (QED) is 0.678. The number of rotatable bonds is 4. The average molecular weight is 342 g/mol. The molecule has 0 amide bonds. The Morgan fingerprint density at radius 2 is 2.05 bits per heavy atom. The van der Waals surface area contributed by atoms with Crippen LogP contribution in [0.4, 0.5) is 10.1 Å². The largest absolute Gasteiger partial charge is 0.450 e. The van der Waals surface area contributed by atoms with Crippen LogP contribution >= 0.6 is 15.9 Å². The monoisotopic (exact) mass is 341 g/mol. The van der Waals surface area contributed by atoms with Crippen molar-refractivity contribution >= 4 is 21.6 Å². The number of halogens is 2. The molecule has 0 aromatic heterocycles. The third kappa shape index (κ3) is 2.94. The van der Waals surface area contributed by atoms with E-state index in [1.165, 1.54) is 30.3 Å². The molecule has 1 N–H and O–H groups in total. The van der Waals surface area contributed by atoms with Gasteiger partial charge < -0.3 is 9.84 Å². The van der Waals surface area contributed by atoms with Gasteiger partial charge in [0.05, 0.1) is 17.1 Å². The van der Waals surface area contributed by atoms with Crippen molar-refractivity contribution in [2.24, 2.45) is 0 Å². The third-order valence-electron chi connectivity index (χ3n) is 2.57. The summed E-state index contributed by atoms with van der Waals surface area (Å²) in [5.74, 6) is -0.624. The van der Waals surface area contributed by atoms with Gasteiger partial charge in [0, 0.05) is 10.5 Å². The van der Waals surface area contributed by atoms with Gasteiger partial charge in [-0.2, -0.15) is 0 Å². The van der Waals surface area contributed by atoms with Crippen molar-refractivity contribution in [2.75, 3.05) is 0 Å². The summed E-state index contributed by atoms with van der Waals surface area (Å²) in [5.41, 5.74) is -0.308. The highest BCUT2D eigenvalue weighted by Crippen LogP contribution is 2.35. The molecular weight excluding hydrogens is 333 g/mol. The molecule has 2 aromatic rings. The lowest BCUT2D eigenvalue weighted by Crippen LogP contribution is -1.98. The minimum absolute atomic E-state index is 0.0292. The number of aliphatic hydroxyl groups excluding tert-OH is 1. The molecule has 5 nitrogen and oxygen atoms in total. The Kier molecular flexibility index (Phi) is 4.31. The summed E-state index contributed by atoms with van der Waals surface area (Å²) in [4.78, 5) is 10.4. The van der Waals surface area contributed by atoms with Crippen LogP contribution in [0.25, 0.3) is 0 Å². The second-order valence-corrected chi connectivity index (χ2v) is 4.76. The first-order chi connectivity index (χ1) is 9.52. The van der Waals surface area contributed by atoms with Crippen molar-refractivity contribution < 1.29 is 19.2 Å². The maximum Gasteiger partial charge on any atom is 0.312 e. The Balaban J connectivity index is 2.45. The Labute approximate surface area is 121 Å². The van der Waals surface area contributed by atoms with Crippen LogP contribution in [0.3, 0.4) is 0 Å². The summed E-state index contributed by atoms with van der Waals surface area (Å²) in [7, 11) is 0. The van der Waals surface area contributed by atoms with Crippen LogP contribution in [0, 0.1) is 15.9 Å². The molecule has 20 heavy (non-hydrogen) atoms. The fourth-order valence-electron chi connectivity index (χ4n) is 1.63. The van der Waals surface area contributed by atoms with Gasteiger partial charge >= 0.3 is 5.69 Å². The van der Waals surface area contributed by atoms with E-state index in [0.717, 1.165) is 0 Å². The second kappa shape index (κ2) is 5.98. The van der Waals surface area contributed by atoms with Crippen LogP contribution in [0.5, 0.6) is 11.5 Å².